The summed E-state index contributed by atoms with van der Waals surface area (Å²) in [5, 5.41) is 0. The molecule has 0 saturated carbocycles. The topological polar surface area (TPSA) is 129 Å². The Morgan fingerprint density at radius 3 is 2.82 bits per heavy atom. The Hall–Kier alpha value is -2.99. The molecule has 1 fully saturated rings. The van der Waals surface area contributed by atoms with Crippen LogP contribution in [0.25, 0.3) is 11.0 Å². The van der Waals surface area contributed by atoms with Crippen LogP contribution in [0, 0.1) is 0 Å². The Morgan fingerprint density at radius 2 is 2.03 bits per heavy atom. The van der Waals surface area contributed by atoms with Crippen LogP contribution in [-0.2, 0) is 26.1 Å². The van der Waals surface area contributed by atoms with Crippen molar-refractivity contribution in [2.45, 2.75) is 49.1 Å². The molecule has 2 atom stereocenters. The lowest BCUT2D eigenvalue weighted by atomic mass is 9.96. The Kier molecular flexibility index (Phi) is 9.37. The highest BCUT2D eigenvalue weighted by atomic mass is 32.2. The number of nitrogens with one attached hydrogen (secondary N) is 1. The average molecular weight is 544 g/mol. The summed E-state index contributed by atoms with van der Waals surface area (Å²) in [5.41, 5.74) is 8.23. The van der Waals surface area contributed by atoms with Crippen molar-refractivity contribution in [2.24, 2.45) is 5.73 Å². The van der Waals surface area contributed by atoms with Crippen LogP contribution in [0.5, 0.6) is 5.75 Å². The van der Waals surface area contributed by atoms with E-state index < -0.39 is 16.1 Å². The molecule has 0 bridgehead atoms. The third kappa shape index (κ3) is 6.71. The molecule has 206 valence electrons. The second-order valence-electron chi connectivity index (χ2n) is 9.63. The van der Waals surface area contributed by atoms with Crippen LogP contribution in [0.4, 0.5) is 0 Å². The van der Waals surface area contributed by atoms with Crippen molar-refractivity contribution in [3.63, 3.8) is 0 Å². The molecule has 0 spiro atoms. The van der Waals surface area contributed by atoms with Crippen molar-refractivity contribution in [1.82, 2.24) is 19.2 Å². The van der Waals surface area contributed by atoms with Crippen LogP contribution in [-0.4, -0.2) is 75.3 Å². The Balaban J connectivity index is 1.38. The monoisotopic (exact) mass is 543 g/mol. The summed E-state index contributed by atoms with van der Waals surface area (Å²) in [6.07, 6.45) is 2.75. The van der Waals surface area contributed by atoms with Gasteiger partial charge in [-0.3, -0.25) is 4.79 Å². The van der Waals surface area contributed by atoms with Crippen LogP contribution in [0.3, 0.4) is 0 Å². The largest absolute Gasteiger partial charge is 0.497 e. The van der Waals surface area contributed by atoms with E-state index in [4.69, 9.17) is 20.2 Å². The minimum Gasteiger partial charge on any atom is -0.497 e. The van der Waals surface area contributed by atoms with E-state index in [1.54, 1.807) is 19.2 Å². The van der Waals surface area contributed by atoms with Gasteiger partial charge in [0.15, 0.2) is 0 Å². The van der Waals surface area contributed by atoms with Gasteiger partial charge in [0.25, 0.3) is 0 Å². The number of piperidine rings is 1. The number of para-hydroxylation sites is 2. The maximum Gasteiger partial charge on any atom is 0.240 e. The number of rotatable bonds is 12. The standard InChI is InChI=1S/C27H37N5O5S/c1-36-15-7-14-32-25-12-4-3-11-24(25)30-27(32)20-8-6-13-31(19-20)26(33)16-21(28)18-29-38(34,35)23-10-5-9-22(17-23)37-2/h3-5,9-12,17,20-21,29H,6-8,13-16,18-19,28H2,1-2H3. The molecular weight excluding hydrogens is 506 g/mol. The van der Waals surface area contributed by atoms with Crippen LogP contribution in [0.15, 0.2) is 53.4 Å². The Bertz CT molecular complexity index is 1340. The van der Waals surface area contributed by atoms with E-state index in [-0.39, 0.29) is 29.7 Å². The van der Waals surface area contributed by atoms with Crippen LogP contribution in [0.2, 0.25) is 0 Å². The number of nitrogens with two attached hydrogens (primary N) is 1. The quantitative estimate of drug-likeness (QED) is 0.336. The normalized spacial score (nSPS) is 17.0. The number of aromatic nitrogens is 2. The molecule has 1 aliphatic heterocycles. The van der Waals surface area contributed by atoms with Gasteiger partial charge < -0.3 is 24.7 Å². The number of ether oxygens (including phenoxy) is 2. The SMILES string of the molecule is COCCCn1c(C2CCCN(C(=O)CC(N)CNS(=O)(=O)c3cccc(OC)c3)C2)nc2ccccc21. The van der Waals surface area contributed by atoms with E-state index >= 15 is 0 Å². The summed E-state index contributed by atoms with van der Waals surface area (Å²) >= 11 is 0. The van der Waals surface area contributed by atoms with Gasteiger partial charge in [0, 0.05) is 64.3 Å². The fourth-order valence-electron chi connectivity index (χ4n) is 4.92. The third-order valence-corrected chi connectivity index (χ3v) is 8.30. The molecule has 38 heavy (non-hydrogen) atoms. The predicted octanol–water partition coefficient (Wildman–Crippen LogP) is 2.48. The molecule has 2 unspecified atom stereocenters. The summed E-state index contributed by atoms with van der Waals surface area (Å²) in [4.78, 5) is 20.0. The number of imidazole rings is 1. The Labute approximate surface area is 224 Å². The third-order valence-electron chi connectivity index (χ3n) is 6.88. The molecule has 10 nitrogen and oxygen atoms in total. The highest BCUT2D eigenvalue weighted by Gasteiger charge is 2.29. The summed E-state index contributed by atoms with van der Waals surface area (Å²) in [7, 11) is -0.600. The number of sulfonamides is 1. The fourth-order valence-corrected chi connectivity index (χ4v) is 6.05. The summed E-state index contributed by atoms with van der Waals surface area (Å²) in [6, 6.07) is 13.6. The number of methoxy groups -OCH3 is 2. The molecular formula is C27H37N5O5S. The lowest BCUT2D eigenvalue weighted by molar-refractivity contribution is -0.132. The maximum atomic E-state index is 13.1. The molecule has 2 heterocycles. The maximum absolute atomic E-state index is 13.1. The summed E-state index contributed by atoms with van der Waals surface area (Å²) < 4.78 is 40.4. The van der Waals surface area contributed by atoms with Crippen molar-refractivity contribution in [1.29, 1.82) is 0 Å². The van der Waals surface area contributed by atoms with Gasteiger partial charge in [-0.05, 0) is 43.5 Å². The zero-order chi connectivity index (χ0) is 27.1. The number of amides is 1. The number of likely N-dealkylation sites (tertiary alicyclic amines) is 1. The lowest BCUT2D eigenvalue weighted by Crippen LogP contribution is -2.45. The van der Waals surface area contributed by atoms with Crippen LogP contribution >= 0.6 is 0 Å². The summed E-state index contributed by atoms with van der Waals surface area (Å²) in [5.74, 6) is 1.48. The first-order valence-electron chi connectivity index (χ1n) is 12.9. The van der Waals surface area contributed by atoms with Gasteiger partial charge in [-0.1, -0.05) is 18.2 Å². The lowest BCUT2D eigenvalue weighted by Gasteiger charge is -2.33. The van der Waals surface area contributed by atoms with E-state index in [1.165, 1.54) is 19.2 Å². The first kappa shape index (κ1) is 28.0. The van der Waals surface area contributed by atoms with E-state index in [1.807, 2.05) is 23.1 Å². The molecule has 0 radical (unpaired) electrons. The molecule has 4 rings (SSSR count). The highest BCUT2D eigenvalue weighted by Crippen LogP contribution is 2.30. The molecule has 2 aromatic carbocycles. The number of carbonyl (C=O) groups is 1. The number of hydrogen-bond donors (Lipinski definition) is 2. The van der Waals surface area contributed by atoms with E-state index in [9.17, 15) is 13.2 Å². The van der Waals surface area contributed by atoms with Gasteiger partial charge in [-0.15, -0.1) is 0 Å². The van der Waals surface area contributed by atoms with Gasteiger partial charge in [-0.25, -0.2) is 18.1 Å². The zero-order valence-corrected chi connectivity index (χ0v) is 22.8. The molecule has 1 saturated heterocycles. The molecule has 3 N–H and O–H groups in total. The van der Waals surface area contributed by atoms with Crippen molar-refractivity contribution < 1.29 is 22.7 Å². The van der Waals surface area contributed by atoms with Crippen molar-refractivity contribution in [3.05, 3.63) is 54.4 Å². The molecule has 1 aliphatic rings. The molecule has 0 aliphatic carbocycles. The van der Waals surface area contributed by atoms with Crippen LogP contribution in [0.1, 0.15) is 37.4 Å². The fraction of sp³-hybridized carbons (Fsp3) is 0.481. The molecule has 3 aromatic rings. The van der Waals surface area contributed by atoms with Crippen molar-refractivity contribution >= 4 is 27.0 Å². The number of aryl methyl sites for hydroxylation is 1. The minimum absolute atomic E-state index is 0.0438. The smallest absolute Gasteiger partial charge is 0.240 e. The second kappa shape index (κ2) is 12.7. The van der Waals surface area contributed by atoms with E-state index in [0.29, 0.717) is 25.4 Å². The van der Waals surface area contributed by atoms with Gasteiger partial charge in [-0.2, -0.15) is 0 Å². The number of benzene rings is 2. The number of hydrogen-bond acceptors (Lipinski definition) is 7. The minimum atomic E-state index is -3.78. The predicted molar refractivity (Wildman–Crippen MR) is 146 cm³/mol. The Morgan fingerprint density at radius 1 is 1.21 bits per heavy atom. The van der Waals surface area contributed by atoms with Gasteiger partial charge >= 0.3 is 0 Å². The molecule has 11 heteroatoms. The number of nitrogens with zero attached hydrogens (tertiary/aromatic N) is 3. The van der Waals surface area contributed by atoms with Gasteiger partial charge in [0.1, 0.15) is 11.6 Å². The molecule has 1 aromatic heterocycles. The first-order valence-corrected chi connectivity index (χ1v) is 14.4. The second-order valence-corrected chi connectivity index (χ2v) is 11.4. The van der Waals surface area contributed by atoms with E-state index in [2.05, 4.69) is 15.4 Å². The van der Waals surface area contributed by atoms with Crippen LogP contribution < -0.4 is 15.2 Å². The van der Waals surface area contributed by atoms with E-state index in [0.717, 1.165) is 42.7 Å². The van der Waals surface area contributed by atoms with Crippen molar-refractivity contribution in [2.75, 3.05) is 40.5 Å². The summed E-state index contributed by atoms with van der Waals surface area (Å²) in [6.45, 7) is 2.64. The first-order chi connectivity index (χ1) is 18.3. The number of carbonyl (C=O) groups excluding carboxylic acids is 1. The highest BCUT2D eigenvalue weighted by molar-refractivity contribution is 7.89. The van der Waals surface area contributed by atoms with Gasteiger partial charge in [0.2, 0.25) is 15.9 Å². The zero-order valence-electron chi connectivity index (χ0n) is 22.0. The number of fused-ring (bicyclic) bond motifs is 1. The average Bonchev–Trinajstić information content (AvgIpc) is 3.31. The van der Waals surface area contributed by atoms with Crippen molar-refractivity contribution in [3.8, 4) is 5.75 Å². The molecule has 1 amide bonds. The van der Waals surface area contributed by atoms with Gasteiger partial charge in [0.05, 0.1) is 23.0 Å².